The summed E-state index contributed by atoms with van der Waals surface area (Å²) in [5.41, 5.74) is 2.87. The number of nitrogens with one attached hydrogen (secondary N) is 1. The zero-order valence-corrected chi connectivity index (χ0v) is 13.5. The first kappa shape index (κ1) is 15.5. The van der Waals surface area contributed by atoms with E-state index in [-0.39, 0.29) is 0 Å². The molecule has 1 saturated heterocycles. The van der Waals surface area contributed by atoms with E-state index >= 15 is 0 Å². The Bertz CT molecular complexity index is 390. The highest BCUT2D eigenvalue weighted by atomic mass is 15.2. The van der Waals surface area contributed by atoms with Crippen LogP contribution in [0.1, 0.15) is 63.6 Å². The Kier molecular flexibility index (Phi) is 5.62. The van der Waals surface area contributed by atoms with Gasteiger partial charge in [0.2, 0.25) is 0 Å². The first-order valence-corrected chi connectivity index (χ1v) is 8.19. The molecule has 1 heterocycles. The molecule has 2 rings (SSSR count). The molecule has 0 radical (unpaired) electrons. The molecule has 0 bridgehead atoms. The third-order valence-corrected chi connectivity index (χ3v) is 4.66. The monoisotopic (exact) mass is 274 g/mol. The molecule has 2 unspecified atom stereocenters. The topological polar surface area (TPSA) is 15.3 Å². The molecule has 0 saturated carbocycles. The maximum Gasteiger partial charge on any atom is 0.0320 e. The Morgan fingerprint density at radius 1 is 1.15 bits per heavy atom. The largest absolute Gasteiger partial charge is 0.313 e. The summed E-state index contributed by atoms with van der Waals surface area (Å²) in [6.45, 7) is 12.6. The van der Waals surface area contributed by atoms with Gasteiger partial charge in [0.15, 0.2) is 0 Å². The Labute approximate surface area is 124 Å². The second-order valence-electron chi connectivity index (χ2n) is 6.38. The van der Waals surface area contributed by atoms with Crippen molar-refractivity contribution in [1.29, 1.82) is 0 Å². The molecule has 20 heavy (non-hydrogen) atoms. The van der Waals surface area contributed by atoms with Gasteiger partial charge in [0.05, 0.1) is 0 Å². The Hall–Kier alpha value is -0.860. The van der Waals surface area contributed by atoms with Crippen LogP contribution < -0.4 is 5.32 Å². The summed E-state index contributed by atoms with van der Waals surface area (Å²) in [6, 6.07) is 10.4. The Morgan fingerprint density at radius 2 is 1.80 bits per heavy atom. The maximum atomic E-state index is 3.61. The summed E-state index contributed by atoms with van der Waals surface area (Å²) in [5.74, 6) is 0.615. The van der Waals surface area contributed by atoms with Crippen LogP contribution in [0.25, 0.3) is 0 Å². The van der Waals surface area contributed by atoms with Crippen LogP contribution in [-0.4, -0.2) is 30.6 Å². The van der Waals surface area contributed by atoms with E-state index in [0.29, 0.717) is 18.0 Å². The third kappa shape index (κ3) is 3.83. The van der Waals surface area contributed by atoms with Crippen LogP contribution in [0.2, 0.25) is 0 Å². The van der Waals surface area contributed by atoms with E-state index < -0.39 is 0 Å². The molecule has 1 aromatic rings. The lowest BCUT2D eigenvalue weighted by molar-refractivity contribution is 0.202. The molecular weight excluding hydrogens is 244 g/mol. The SMILES string of the molecule is CCN(CC1CCCN1)C(C)c1ccc(C(C)C)cc1. The third-order valence-electron chi connectivity index (χ3n) is 4.66. The number of likely N-dealkylation sites (N-methyl/N-ethyl adjacent to an activating group) is 1. The van der Waals surface area contributed by atoms with Gasteiger partial charge in [-0.25, -0.2) is 0 Å². The normalized spacial score (nSPS) is 20.8. The number of benzene rings is 1. The molecule has 0 amide bonds. The van der Waals surface area contributed by atoms with Crippen molar-refractivity contribution in [1.82, 2.24) is 10.2 Å². The molecule has 1 aliphatic rings. The predicted octanol–water partition coefficient (Wildman–Crippen LogP) is 3.94. The smallest absolute Gasteiger partial charge is 0.0320 e. The summed E-state index contributed by atoms with van der Waals surface area (Å²) in [5, 5.41) is 3.61. The van der Waals surface area contributed by atoms with E-state index in [1.165, 1.54) is 37.1 Å². The number of hydrogen-bond acceptors (Lipinski definition) is 2. The van der Waals surface area contributed by atoms with E-state index in [9.17, 15) is 0 Å². The van der Waals surface area contributed by atoms with Crippen LogP contribution >= 0.6 is 0 Å². The highest BCUT2D eigenvalue weighted by Gasteiger charge is 2.21. The fraction of sp³-hybridized carbons (Fsp3) is 0.667. The zero-order chi connectivity index (χ0) is 14.5. The summed E-state index contributed by atoms with van der Waals surface area (Å²) in [4.78, 5) is 2.59. The van der Waals surface area contributed by atoms with Gasteiger partial charge in [-0.2, -0.15) is 0 Å². The first-order chi connectivity index (χ1) is 9.61. The van der Waals surface area contributed by atoms with Crippen molar-refractivity contribution in [3.05, 3.63) is 35.4 Å². The molecule has 112 valence electrons. The molecule has 1 aromatic carbocycles. The summed E-state index contributed by atoms with van der Waals surface area (Å²) in [7, 11) is 0. The fourth-order valence-electron chi connectivity index (χ4n) is 3.13. The molecule has 1 aliphatic heterocycles. The first-order valence-electron chi connectivity index (χ1n) is 8.19. The maximum absolute atomic E-state index is 3.61. The lowest BCUT2D eigenvalue weighted by atomic mass is 9.99. The van der Waals surface area contributed by atoms with Crippen molar-refractivity contribution in [2.45, 2.75) is 58.5 Å². The highest BCUT2D eigenvalue weighted by Crippen LogP contribution is 2.23. The van der Waals surface area contributed by atoms with Crippen LogP contribution in [-0.2, 0) is 0 Å². The lowest BCUT2D eigenvalue weighted by Crippen LogP contribution is -2.38. The van der Waals surface area contributed by atoms with Crippen molar-refractivity contribution in [3.8, 4) is 0 Å². The van der Waals surface area contributed by atoms with Crippen LogP contribution in [0.5, 0.6) is 0 Å². The standard InChI is InChI=1S/C18H30N2/c1-5-20(13-18-7-6-12-19-18)15(4)17-10-8-16(9-11-17)14(2)3/h8-11,14-15,18-19H,5-7,12-13H2,1-4H3. The molecule has 0 spiro atoms. The second kappa shape index (κ2) is 7.24. The van der Waals surface area contributed by atoms with Gasteiger partial charge in [0, 0.05) is 18.6 Å². The summed E-state index contributed by atoms with van der Waals surface area (Å²) >= 11 is 0. The van der Waals surface area contributed by atoms with E-state index in [1.54, 1.807) is 0 Å². The molecule has 0 aromatic heterocycles. The van der Waals surface area contributed by atoms with E-state index in [2.05, 4.69) is 62.2 Å². The fourth-order valence-corrected chi connectivity index (χ4v) is 3.13. The number of rotatable bonds is 6. The van der Waals surface area contributed by atoms with E-state index in [0.717, 1.165) is 6.54 Å². The minimum atomic E-state index is 0.503. The van der Waals surface area contributed by atoms with E-state index in [4.69, 9.17) is 0 Å². The van der Waals surface area contributed by atoms with Crippen molar-refractivity contribution in [2.75, 3.05) is 19.6 Å². The van der Waals surface area contributed by atoms with Crippen LogP contribution in [0.15, 0.2) is 24.3 Å². The van der Waals surface area contributed by atoms with Gasteiger partial charge in [-0.1, -0.05) is 45.0 Å². The zero-order valence-electron chi connectivity index (χ0n) is 13.5. The minimum absolute atomic E-state index is 0.503. The van der Waals surface area contributed by atoms with Crippen LogP contribution in [0.4, 0.5) is 0 Å². The Balaban J connectivity index is 2.01. The van der Waals surface area contributed by atoms with Crippen molar-refractivity contribution in [3.63, 3.8) is 0 Å². The van der Waals surface area contributed by atoms with Gasteiger partial charge >= 0.3 is 0 Å². The Morgan fingerprint density at radius 3 is 2.30 bits per heavy atom. The average Bonchev–Trinajstić information content (AvgIpc) is 2.97. The summed E-state index contributed by atoms with van der Waals surface area (Å²) in [6.07, 6.45) is 2.66. The van der Waals surface area contributed by atoms with Gasteiger partial charge in [0.25, 0.3) is 0 Å². The number of nitrogens with zero attached hydrogens (tertiary/aromatic N) is 1. The number of hydrogen-bond donors (Lipinski definition) is 1. The molecule has 0 aliphatic carbocycles. The van der Waals surface area contributed by atoms with Crippen LogP contribution in [0, 0.1) is 0 Å². The van der Waals surface area contributed by atoms with Gasteiger partial charge in [0.1, 0.15) is 0 Å². The summed E-state index contributed by atoms with van der Waals surface area (Å²) < 4.78 is 0. The molecule has 1 N–H and O–H groups in total. The minimum Gasteiger partial charge on any atom is -0.313 e. The molecule has 1 fully saturated rings. The quantitative estimate of drug-likeness (QED) is 0.845. The molecule has 2 heteroatoms. The highest BCUT2D eigenvalue weighted by molar-refractivity contribution is 5.26. The lowest BCUT2D eigenvalue weighted by Gasteiger charge is -2.30. The second-order valence-corrected chi connectivity index (χ2v) is 6.38. The van der Waals surface area contributed by atoms with Crippen LogP contribution in [0.3, 0.4) is 0 Å². The van der Waals surface area contributed by atoms with Gasteiger partial charge < -0.3 is 5.32 Å². The molecular formula is C18H30N2. The predicted molar refractivity (Wildman–Crippen MR) is 87.2 cm³/mol. The molecule has 2 atom stereocenters. The van der Waals surface area contributed by atoms with Crippen molar-refractivity contribution < 1.29 is 0 Å². The molecule has 2 nitrogen and oxygen atoms in total. The van der Waals surface area contributed by atoms with Crippen molar-refractivity contribution >= 4 is 0 Å². The average molecular weight is 274 g/mol. The van der Waals surface area contributed by atoms with E-state index in [1.807, 2.05) is 0 Å². The van der Waals surface area contributed by atoms with Gasteiger partial charge in [-0.3, -0.25) is 4.90 Å². The van der Waals surface area contributed by atoms with Crippen molar-refractivity contribution in [2.24, 2.45) is 0 Å². The van der Waals surface area contributed by atoms with Gasteiger partial charge in [-0.05, 0) is 49.9 Å². The van der Waals surface area contributed by atoms with Gasteiger partial charge in [-0.15, -0.1) is 0 Å².